The molecule has 2 atom stereocenters. The van der Waals surface area contributed by atoms with Crippen LogP contribution < -0.4 is 19.5 Å². The SMILES string of the molecule is CC(C(=O)Nc1ccc2c(c1)OCCO2)N1CCCC(COc2ccccc2)C1. The first-order valence-corrected chi connectivity index (χ1v) is 10.3. The summed E-state index contributed by atoms with van der Waals surface area (Å²) in [5.41, 5.74) is 0.729. The summed E-state index contributed by atoms with van der Waals surface area (Å²) in [5, 5.41) is 3.01. The molecule has 2 aromatic carbocycles. The first-order chi connectivity index (χ1) is 14.2. The minimum Gasteiger partial charge on any atom is -0.493 e. The Bertz CT molecular complexity index is 827. The molecule has 154 valence electrons. The van der Waals surface area contributed by atoms with Gasteiger partial charge in [-0.25, -0.2) is 0 Å². The smallest absolute Gasteiger partial charge is 0.241 e. The van der Waals surface area contributed by atoms with E-state index in [1.807, 2.05) is 55.5 Å². The Morgan fingerprint density at radius 2 is 1.97 bits per heavy atom. The molecule has 0 aromatic heterocycles. The highest BCUT2D eigenvalue weighted by atomic mass is 16.6. The predicted molar refractivity (Wildman–Crippen MR) is 112 cm³/mol. The van der Waals surface area contributed by atoms with Gasteiger partial charge in [0.2, 0.25) is 5.91 Å². The second-order valence-corrected chi connectivity index (χ2v) is 7.65. The van der Waals surface area contributed by atoms with E-state index in [1.165, 1.54) is 0 Å². The Hall–Kier alpha value is -2.73. The van der Waals surface area contributed by atoms with Crippen molar-refractivity contribution in [3.63, 3.8) is 0 Å². The summed E-state index contributed by atoms with van der Waals surface area (Å²) in [4.78, 5) is 15.1. The standard InChI is InChI=1S/C23H28N2O4/c1-17(23(26)24-19-9-10-21-22(14-19)28-13-12-27-21)25-11-5-6-18(15-25)16-29-20-7-3-2-4-8-20/h2-4,7-10,14,17-18H,5-6,11-13,15-16H2,1H3,(H,24,26). The van der Waals surface area contributed by atoms with Gasteiger partial charge in [0, 0.05) is 24.2 Å². The van der Waals surface area contributed by atoms with Gasteiger partial charge in [0.15, 0.2) is 11.5 Å². The third-order valence-electron chi connectivity index (χ3n) is 5.52. The minimum absolute atomic E-state index is 0.00805. The fourth-order valence-electron chi connectivity index (χ4n) is 3.85. The molecule has 2 aromatic rings. The van der Waals surface area contributed by atoms with Crippen LogP contribution in [-0.4, -0.2) is 49.8 Å². The maximum atomic E-state index is 12.8. The number of carbonyl (C=O) groups excluding carboxylic acids is 1. The van der Waals surface area contributed by atoms with Crippen LogP contribution in [0.15, 0.2) is 48.5 Å². The molecule has 0 radical (unpaired) electrons. The van der Waals surface area contributed by atoms with Crippen molar-refractivity contribution in [1.82, 2.24) is 4.90 Å². The van der Waals surface area contributed by atoms with E-state index >= 15 is 0 Å². The molecule has 1 N–H and O–H groups in total. The van der Waals surface area contributed by atoms with Crippen LogP contribution in [0.3, 0.4) is 0 Å². The number of benzene rings is 2. The summed E-state index contributed by atoms with van der Waals surface area (Å²) in [5.74, 6) is 2.71. The monoisotopic (exact) mass is 396 g/mol. The molecule has 1 amide bonds. The summed E-state index contributed by atoms with van der Waals surface area (Å²) in [6.45, 7) is 5.52. The molecule has 6 nitrogen and oxygen atoms in total. The number of hydrogen-bond donors (Lipinski definition) is 1. The highest BCUT2D eigenvalue weighted by molar-refractivity contribution is 5.94. The highest BCUT2D eigenvalue weighted by Gasteiger charge is 2.28. The lowest BCUT2D eigenvalue weighted by Gasteiger charge is -2.36. The van der Waals surface area contributed by atoms with Crippen LogP contribution in [0, 0.1) is 5.92 Å². The summed E-state index contributed by atoms with van der Waals surface area (Å²) < 4.78 is 17.1. The van der Waals surface area contributed by atoms with Gasteiger partial charge in [0.05, 0.1) is 12.6 Å². The Balaban J connectivity index is 1.31. The van der Waals surface area contributed by atoms with E-state index in [-0.39, 0.29) is 11.9 Å². The van der Waals surface area contributed by atoms with E-state index in [4.69, 9.17) is 14.2 Å². The number of rotatable bonds is 6. The van der Waals surface area contributed by atoms with Crippen LogP contribution in [0.4, 0.5) is 5.69 Å². The number of nitrogens with one attached hydrogen (secondary N) is 1. The minimum atomic E-state index is -0.206. The van der Waals surface area contributed by atoms with Gasteiger partial charge in [0.25, 0.3) is 0 Å². The topological polar surface area (TPSA) is 60.0 Å². The van der Waals surface area contributed by atoms with Gasteiger partial charge < -0.3 is 19.5 Å². The van der Waals surface area contributed by atoms with Gasteiger partial charge in [0.1, 0.15) is 19.0 Å². The zero-order valence-electron chi connectivity index (χ0n) is 16.8. The third-order valence-corrected chi connectivity index (χ3v) is 5.52. The fourth-order valence-corrected chi connectivity index (χ4v) is 3.85. The predicted octanol–water partition coefficient (Wildman–Crippen LogP) is 3.58. The van der Waals surface area contributed by atoms with Crippen molar-refractivity contribution in [3.05, 3.63) is 48.5 Å². The Kier molecular flexibility index (Phi) is 6.20. The van der Waals surface area contributed by atoms with E-state index in [9.17, 15) is 4.79 Å². The molecule has 0 spiro atoms. The van der Waals surface area contributed by atoms with E-state index in [0.717, 1.165) is 43.1 Å². The average molecular weight is 396 g/mol. The Labute approximate surface area is 171 Å². The summed E-state index contributed by atoms with van der Waals surface area (Å²) in [6.07, 6.45) is 2.20. The molecule has 6 heteroatoms. The molecule has 29 heavy (non-hydrogen) atoms. The molecule has 0 saturated carbocycles. The van der Waals surface area contributed by atoms with Crippen molar-refractivity contribution in [3.8, 4) is 17.2 Å². The molecule has 0 aliphatic carbocycles. The molecular weight excluding hydrogens is 368 g/mol. The number of fused-ring (bicyclic) bond motifs is 1. The molecule has 2 unspecified atom stereocenters. The molecular formula is C23H28N2O4. The van der Waals surface area contributed by atoms with Crippen LogP contribution in [0.2, 0.25) is 0 Å². The number of piperidine rings is 1. The van der Waals surface area contributed by atoms with E-state index in [0.29, 0.717) is 31.5 Å². The molecule has 0 bridgehead atoms. The summed E-state index contributed by atoms with van der Waals surface area (Å²) in [6, 6.07) is 15.2. The molecule has 2 heterocycles. The van der Waals surface area contributed by atoms with Crippen LogP contribution in [0.5, 0.6) is 17.2 Å². The van der Waals surface area contributed by atoms with Crippen molar-refractivity contribution in [2.45, 2.75) is 25.8 Å². The van der Waals surface area contributed by atoms with Gasteiger partial charge in [-0.3, -0.25) is 9.69 Å². The quantitative estimate of drug-likeness (QED) is 0.809. The van der Waals surface area contributed by atoms with Crippen molar-refractivity contribution >= 4 is 11.6 Å². The second kappa shape index (κ2) is 9.18. The van der Waals surface area contributed by atoms with Crippen LogP contribution in [-0.2, 0) is 4.79 Å². The molecule has 2 aliphatic rings. The number of nitrogens with zero attached hydrogens (tertiary/aromatic N) is 1. The van der Waals surface area contributed by atoms with Crippen molar-refractivity contribution < 1.29 is 19.0 Å². The van der Waals surface area contributed by atoms with E-state index in [2.05, 4.69) is 10.2 Å². The summed E-state index contributed by atoms with van der Waals surface area (Å²) in [7, 11) is 0. The second-order valence-electron chi connectivity index (χ2n) is 7.65. The van der Waals surface area contributed by atoms with Crippen molar-refractivity contribution in [1.29, 1.82) is 0 Å². The number of amides is 1. The van der Waals surface area contributed by atoms with Gasteiger partial charge in [-0.15, -0.1) is 0 Å². The van der Waals surface area contributed by atoms with Crippen LogP contribution in [0.25, 0.3) is 0 Å². The number of hydrogen-bond acceptors (Lipinski definition) is 5. The lowest BCUT2D eigenvalue weighted by Crippen LogP contribution is -2.48. The average Bonchev–Trinajstić information content (AvgIpc) is 2.78. The Morgan fingerprint density at radius 1 is 1.17 bits per heavy atom. The fraction of sp³-hybridized carbons (Fsp3) is 0.435. The molecule has 2 aliphatic heterocycles. The zero-order chi connectivity index (χ0) is 20.1. The largest absolute Gasteiger partial charge is 0.493 e. The number of likely N-dealkylation sites (tertiary alicyclic amines) is 1. The molecule has 4 rings (SSSR count). The van der Waals surface area contributed by atoms with Crippen molar-refractivity contribution in [2.24, 2.45) is 5.92 Å². The van der Waals surface area contributed by atoms with Crippen LogP contribution >= 0.6 is 0 Å². The Morgan fingerprint density at radius 3 is 2.79 bits per heavy atom. The zero-order valence-corrected chi connectivity index (χ0v) is 16.8. The van der Waals surface area contributed by atoms with Gasteiger partial charge in [-0.05, 0) is 50.6 Å². The van der Waals surface area contributed by atoms with Crippen LogP contribution in [0.1, 0.15) is 19.8 Å². The number of anilines is 1. The van der Waals surface area contributed by atoms with Gasteiger partial charge >= 0.3 is 0 Å². The van der Waals surface area contributed by atoms with Crippen molar-refractivity contribution in [2.75, 3.05) is 38.2 Å². The first-order valence-electron chi connectivity index (χ1n) is 10.3. The lowest BCUT2D eigenvalue weighted by molar-refractivity contribution is -0.121. The van der Waals surface area contributed by atoms with Gasteiger partial charge in [-0.1, -0.05) is 18.2 Å². The van der Waals surface area contributed by atoms with Gasteiger partial charge in [-0.2, -0.15) is 0 Å². The lowest BCUT2D eigenvalue weighted by atomic mass is 9.97. The van der Waals surface area contributed by atoms with E-state index < -0.39 is 0 Å². The maximum Gasteiger partial charge on any atom is 0.241 e. The third kappa shape index (κ3) is 5.01. The molecule has 1 saturated heterocycles. The number of ether oxygens (including phenoxy) is 3. The first kappa shape index (κ1) is 19.6. The number of carbonyl (C=O) groups is 1. The summed E-state index contributed by atoms with van der Waals surface area (Å²) >= 11 is 0. The maximum absolute atomic E-state index is 12.8. The highest BCUT2D eigenvalue weighted by Crippen LogP contribution is 2.32. The normalized spacial score (nSPS) is 20.0. The number of para-hydroxylation sites is 1. The molecule has 1 fully saturated rings. The van der Waals surface area contributed by atoms with E-state index in [1.54, 1.807) is 0 Å².